The first kappa shape index (κ1) is 22.5. The number of imidazole rings is 1. The fourth-order valence-electron chi connectivity index (χ4n) is 3.13. The number of ether oxygens (including phenoxy) is 1. The van der Waals surface area contributed by atoms with Gasteiger partial charge in [0, 0.05) is 44.5 Å². The van der Waals surface area contributed by atoms with Crippen LogP contribution in [0.2, 0.25) is 5.02 Å². The van der Waals surface area contributed by atoms with Gasteiger partial charge in [0.25, 0.3) is 0 Å². The lowest BCUT2D eigenvalue weighted by molar-refractivity contribution is -0.118. The van der Waals surface area contributed by atoms with Gasteiger partial charge < -0.3 is 19.5 Å². The number of hydrogen-bond acceptors (Lipinski definition) is 5. The summed E-state index contributed by atoms with van der Waals surface area (Å²) in [5.74, 6) is 0.323. The van der Waals surface area contributed by atoms with Gasteiger partial charge in [-0.3, -0.25) is 4.79 Å². The number of halogens is 1. The van der Waals surface area contributed by atoms with Gasteiger partial charge in [-0.25, -0.2) is 4.98 Å². The average molecular weight is 447 g/mol. The molecule has 3 rings (SSSR count). The molecule has 6 nitrogen and oxygen atoms in total. The summed E-state index contributed by atoms with van der Waals surface area (Å²) in [7, 11) is 3.73. The van der Waals surface area contributed by atoms with Crippen molar-refractivity contribution in [2.75, 3.05) is 44.5 Å². The minimum atomic E-state index is 0.00532. The van der Waals surface area contributed by atoms with Gasteiger partial charge in [0.2, 0.25) is 5.91 Å². The second-order valence-electron chi connectivity index (χ2n) is 6.92. The maximum atomic E-state index is 12.3. The molecule has 0 unspecified atom stereocenters. The molecule has 1 aromatic heterocycles. The molecule has 1 heterocycles. The fourth-order valence-corrected chi connectivity index (χ4v) is 4.16. The Morgan fingerprint density at radius 3 is 2.83 bits per heavy atom. The highest BCUT2D eigenvalue weighted by Crippen LogP contribution is 2.26. The molecule has 0 saturated heterocycles. The summed E-state index contributed by atoms with van der Waals surface area (Å²) in [6, 6.07) is 15.9. The van der Waals surface area contributed by atoms with Crippen molar-refractivity contribution < 1.29 is 9.53 Å². The fraction of sp³-hybridized carbons (Fsp3) is 0.364. The molecule has 30 heavy (non-hydrogen) atoms. The minimum absolute atomic E-state index is 0.00532. The number of aromatic nitrogens is 2. The van der Waals surface area contributed by atoms with Crippen LogP contribution in [0.3, 0.4) is 0 Å². The summed E-state index contributed by atoms with van der Waals surface area (Å²) in [6.45, 7) is 2.77. The van der Waals surface area contributed by atoms with Crippen LogP contribution in [0.15, 0.2) is 53.7 Å². The van der Waals surface area contributed by atoms with Gasteiger partial charge in [-0.2, -0.15) is 0 Å². The number of fused-ring (bicyclic) bond motifs is 1. The standard InChI is InChI=1S/C22H27ClN4O2S/c1-26(18-7-4-3-5-8-18)12-6-11-24-21(28)16-30-22-25-19-15-17(23)9-10-20(19)27(22)13-14-29-2/h3-5,7-10,15H,6,11-14,16H2,1-2H3,(H,24,28). The predicted octanol–water partition coefficient (Wildman–Crippen LogP) is 4.07. The van der Waals surface area contributed by atoms with Gasteiger partial charge in [-0.05, 0) is 36.8 Å². The molecule has 1 N–H and O–H groups in total. The molecule has 0 aliphatic carbocycles. The number of para-hydroxylation sites is 1. The van der Waals surface area contributed by atoms with Crippen LogP contribution < -0.4 is 10.2 Å². The summed E-state index contributed by atoms with van der Waals surface area (Å²) in [5.41, 5.74) is 2.99. The van der Waals surface area contributed by atoms with Crippen molar-refractivity contribution in [1.82, 2.24) is 14.9 Å². The van der Waals surface area contributed by atoms with Crippen molar-refractivity contribution in [1.29, 1.82) is 0 Å². The van der Waals surface area contributed by atoms with Crippen molar-refractivity contribution in [3.63, 3.8) is 0 Å². The Kier molecular flexibility index (Phi) is 8.42. The third-order valence-electron chi connectivity index (χ3n) is 4.72. The van der Waals surface area contributed by atoms with E-state index in [1.54, 1.807) is 7.11 Å². The van der Waals surface area contributed by atoms with Crippen LogP contribution in [0.4, 0.5) is 5.69 Å². The zero-order valence-electron chi connectivity index (χ0n) is 17.3. The van der Waals surface area contributed by atoms with Crippen LogP contribution in [-0.4, -0.2) is 55.1 Å². The van der Waals surface area contributed by atoms with Gasteiger partial charge in [0.15, 0.2) is 5.16 Å². The average Bonchev–Trinajstić information content (AvgIpc) is 3.10. The van der Waals surface area contributed by atoms with E-state index in [2.05, 4.69) is 38.9 Å². The smallest absolute Gasteiger partial charge is 0.230 e. The molecule has 3 aromatic rings. The molecule has 0 bridgehead atoms. The second kappa shape index (κ2) is 11.2. The van der Waals surface area contributed by atoms with Gasteiger partial charge in [0.05, 0.1) is 23.4 Å². The molecule has 0 atom stereocenters. The Labute approximate surface area is 186 Å². The van der Waals surface area contributed by atoms with Crippen molar-refractivity contribution in [3.8, 4) is 0 Å². The zero-order chi connectivity index (χ0) is 21.3. The molecule has 0 spiro atoms. The van der Waals surface area contributed by atoms with Crippen LogP contribution >= 0.6 is 23.4 Å². The highest BCUT2D eigenvalue weighted by Gasteiger charge is 2.13. The van der Waals surface area contributed by atoms with E-state index >= 15 is 0 Å². The number of methoxy groups -OCH3 is 1. The first-order valence-electron chi connectivity index (χ1n) is 9.89. The first-order valence-corrected chi connectivity index (χ1v) is 11.2. The molecule has 8 heteroatoms. The molecule has 0 fully saturated rings. The van der Waals surface area contributed by atoms with E-state index in [4.69, 9.17) is 16.3 Å². The van der Waals surface area contributed by atoms with Crippen LogP contribution in [0.5, 0.6) is 0 Å². The lowest BCUT2D eigenvalue weighted by atomic mass is 10.3. The highest BCUT2D eigenvalue weighted by atomic mass is 35.5. The molecule has 2 aromatic carbocycles. The molecule has 160 valence electrons. The summed E-state index contributed by atoms with van der Waals surface area (Å²) in [6.07, 6.45) is 0.882. The van der Waals surface area contributed by atoms with Crippen LogP contribution in [0.25, 0.3) is 11.0 Å². The number of rotatable bonds is 11. The first-order chi connectivity index (χ1) is 14.6. The van der Waals surface area contributed by atoms with E-state index in [1.807, 2.05) is 36.4 Å². The number of benzene rings is 2. The van der Waals surface area contributed by atoms with E-state index in [0.717, 1.165) is 29.2 Å². The number of nitrogens with zero attached hydrogens (tertiary/aromatic N) is 3. The number of hydrogen-bond donors (Lipinski definition) is 1. The molecule has 1 amide bonds. The second-order valence-corrected chi connectivity index (χ2v) is 8.30. The van der Waals surface area contributed by atoms with Crippen molar-refractivity contribution in [3.05, 3.63) is 53.6 Å². The number of amides is 1. The topological polar surface area (TPSA) is 59.4 Å². The number of nitrogens with one attached hydrogen (secondary N) is 1. The highest BCUT2D eigenvalue weighted by molar-refractivity contribution is 7.99. The van der Waals surface area contributed by atoms with Crippen LogP contribution in [0, 0.1) is 0 Å². The van der Waals surface area contributed by atoms with Crippen molar-refractivity contribution in [2.24, 2.45) is 0 Å². The summed E-state index contributed by atoms with van der Waals surface area (Å²) < 4.78 is 7.29. The van der Waals surface area contributed by atoms with Crippen molar-refractivity contribution in [2.45, 2.75) is 18.1 Å². The predicted molar refractivity (Wildman–Crippen MR) is 125 cm³/mol. The Morgan fingerprint density at radius 2 is 2.07 bits per heavy atom. The normalized spacial score (nSPS) is 11.0. The third kappa shape index (κ3) is 6.14. The Hall–Kier alpha value is -2.22. The van der Waals surface area contributed by atoms with E-state index in [9.17, 15) is 4.79 Å². The Morgan fingerprint density at radius 1 is 1.27 bits per heavy atom. The van der Waals surface area contributed by atoms with E-state index in [0.29, 0.717) is 30.5 Å². The lowest BCUT2D eigenvalue weighted by Crippen LogP contribution is -2.29. The third-order valence-corrected chi connectivity index (χ3v) is 5.93. The van der Waals surface area contributed by atoms with E-state index in [1.165, 1.54) is 17.4 Å². The molecule has 0 saturated carbocycles. The zero-order valence-corrected chi connectivity index (χ0v) is 18.9. The van der Waals surface area contributed by atoms with Gasteiger partial charge in [-0.15, -0.1) is 0 Å². The quantitative estimate of drug-likeness (QED) is 0.355. The molecular formula is C22H27ClN4O2S. The van der Waals surface area contributed by atoms with Gasteiger partial charge in [0.1, 0.15) is 0 Å². The van der Waals surface area contributed by atoms with E-state index in [-0.39, 0.29) is 5.91 Å². The minimum Gasteiger partial charge on any atom is -0.383 e. The maximum absolute atomic E-state index is 12.3. The molecule has 0 aliphatic rings. The SMILES string of the molecule is COCCn1c(SCC(=O)NCCCN(C)c2ccccc2)nc2cc(Cl)ccc21. The summed E-state index contributed by atoms with van der Waals surface area (Å²) >= 11 is 7.53. The van der Waals surface area contributed by atoms with Crippen molar-refractivity contribution >= 4 is 46.0 Å². The van der Waals surface area contributed by atoms with Crippen LogP contribution in [-0.2, 0) is 16.1 Å². The van der Waals surface area contributed by atoms with Gasteiger partial charge in [-0.1, -0.05) is 41.6 Å². The largest absolute Gasteiger partial charge is 0.383 e. The molecular weight excluding hydrogens is 420 g/mol. The summed E-state index contributed by atoms with van der Waals surface area (Å²) in [5, 5.41) is 4.44. The van der Waals surface area contributed by atoms with Crippen LogP contribution in [0.1, 0.15) is 6.42 Å². The summed E-state index contributed by atoms with van der Waals surface area (Å²) in [4.78, 5) is 19.1. The Balaban J connectivity index is 1.48. The Bertz CT molecular complexity index is 964. The monoisotopic (exact) mass is 446 g/mol. The molecule has 0 aliphatic heterocycles. The maximum Gasteiger partial charge on any atom is 0.230 e. The van der Waals surface area contributed by atoms with E-state index < -0.39 is 0 Å². The van der Waals surface area contributed by atoms with Gasteiger partial charge >= 0.3 is 0 Å². The number of anilines is 1. The lowest BCUT2D eigenvalue weighted by Gasteiger charge is -2.19. The number of carbonyl (C=O) groups is 1. The number of thioether (sulfide) groups is 1. The number of carbonyl (C=O) groups excluding carboxylic acids is 1. The molecule has 0 radical (unpaired) electrons.